The number of hydrogen-bond donors (Lipinski definition) is 2. The third-order valence-corrected chi connectivity index (χ3v) is 3.15. The number of benzene rings is 1. The van der Waals surface area contributed by atoms with E-state index in [1.165, 1.54) is 11.9 Å². The van der Waals surface area contributed by atoms with Crippen LogP contribution in [0.3, 0.4) is 0 Å². The quantitative estimate of drug-likeness (QED) is 0.802. The standard InChI is InChI=1S/C15H21N5O/c1-12(2)13-4-6-14(7-5-13)19-15(21)17-8-3-9-20-11-16-10-18-20/h4-7,10-12H,3,8-9H2,1-2H3,(H2,17,19,21). The molecule has 0 aliphatic heterocycles. The van der Waals surface area contributed by atoms with Crippen LogP contribution >= 0.6 is 0 Å². The lowest BCUT2D eigenvalue weighted by atomic mass is 10.0. The number of rotatable bonds is 6. The number of nitrogens with zero attached hydrogens (tertiary/aromatic N) is 3. The Kier molecular flexibility index (Phi) is 5.31. The van der Waals surface area contributed by atoms with Crippen molar-refractivity contribution in [2.45, 2.75) is 32.7 Å². The lowest BCUT2D eigenvalue weighted by Crippen LogP contribution is -2.30. The van der Waals surface area contributed by atoms with E-state index in [0.29, 0.717) is 12.5 Å². The average Bonchev–Trinajstić information content (AvgIpc) is 2.97. The molecule has 1 aromatic carbocycles. The summed E-state index contributed by atoms with van der Waals surface area (Å²) in [6.07, 6.45) is 3.97. The van der Waals surface area contributed by atoms with Crippen LogP contribution in [-0.2, 0) is 6.54 Å². The van der Waals surface area contributed by atoms with Crippen LogP contribution in [0.2, 0.25) is 0 Å². The maximum absolute atomic E-state index is 11.7. The van der Waals surface area contributed by atoms with Crippen LogP contribution in [0.5, 0.6) is 0 Å². The van der Waals surface area contributed by atoms with Gasteiger partial charge in [0.25, 0.3) is 0 Å². The van der Waals surface area contributed by atoms with Gasteiger partial charge in [0.15, 0.2) is 0 Å². The minimum Gasteiger partial charge on any atom is -0.338 e. The number of hydrogen-bond acceptors (Lipinski definition) is 3. The van der Waals surface area contributed by atoms with E-state index in [1.54, 1.807) is 11.0 Å². The Labute approximate surface area is 124 Å². The van der Waals surface area contributed by atoms with Gasteiger partial charge in [-0.2, -0.15) is 5.10 Å². The van der Waals surface area contributed by atoms with Crippen LogP contribution in [0.25, 0.3) is 0 Å². The molecule has 21 heavy (non-hydrogen) atoms. The Morgan fingerprint density at radius 1 is 1.29 bits per heavy atom. The molecule has 112 valence electrons. The van der Waals surface area contributed by atoms with Crippen LogP contribution in [-0.4, -0.2) is 27.3 Å². The zero-order chi connectivity index (χ0) is 15.1. The highest BCUT2D eigenvalue weighted by molar-refractivity contribution is 5.89. The third kappa shape index (κ3) is 4.91. The molecule has 0 fully saturated rings. The van der Waals surface area contributed by atoms with E-state index in [-0.39, 0.29) is 6.03 Å². The summed E-state index contributed by atoms with van der Waals surface area (Å²) in [7, 11) is 0. The zero-order valence-electron chi connectivity index (χ0n) is 12.4. The summed E-state index contributed by atoms with van der Waals surface area (Å²) in [5.41, 5.74) is 2.06. The van der Waals surface area contributed by atoms with Crippen molar-refractivity contribution < 1.29 is 4.79 Å². The van der Waals surface area contributed by atoms with Gasteiger partial charge >= 0.3 is 6.03 Å². The Bertz CT molecular complexity index is 548. The highest BCUT2D eigenvalue weighted by Gasteiger charge is 2.02. The molecule has 2 N–H and O–H groups in total. The number of anilines is 1. The third-order valence-electron chi connectivity index (χ3n) is 3.15. The predicted octanol–water partition coefficient (Wildman–Crippen LogP) is 2.61. The minimum absolute atomic E-state index is 0.189. The molecule has 2 aromatic rings. The van der Waals surface area contributed by atoms with Crippen LogP contribution in [0.15, 0.2) is 36.9 Å². The number of carbonyl (C=O) groups excluding carboxylic acids is 1. The number of aryl methyl sites for hydroxylation is 1. The second-order valence-electron chi connectivity index (χ2n) is 5.17. The summed E-state index contributed by atoms with van der Waals surface area (Å²) in [5, 5.41) is 9.64. The van der Waals surface area contributed by atoms with Crippen molar-refractivity contribution >= 4 is 11.7 Å². The van der Waals surface area contributed by atoms with E-state index >= 15 is 0 Å². The highest BCUT2D eigenvalue weighted by atomic mass is 16.2. The molecule has 0 spiro atoms. The van der Waals surface area contributed by atoms with Crippen LogP contribution < -0.4 is 10.6 Å². The molecule has 0 aliphatic carbocycles. The van der Waals surface area contributed by atoms with E-state index < -0.39 is 0 Å². The normalized spacial score (nSPS) is 10.6. The molecule has 0 unspecified atom stereocenters. The molecular formula is C15H21N5O. The molecule has 6 nitrogen and oxygen atoms in total. The van der Waals surface area contributed by atoms with E-state index in [9.17, 15) is 4.79 Å². The highest BCUT2D eigenvalue weighted by Crippen LogP contribution is 2.16. The predicted molar refractivity (Wildman–Crippen MR) is 82.2 cm³/mol. The molecular weight excluding hydrogens is 266 g/mol. The van der Waals surface area contributed by atoms with Crippen LogP contribution in [0, 0.1) is 0 Å². The van der Waals surface area contributed by atoms with Gasteiger partial charge in [-0.1, -0.05) is 26.0 Å². The minimum atomic E-state index is -0.189. The Balaban J connectivity index is 1.69. The molecule has 0 radical (unpaired) electrons. The molecule has 0 saturated heterocycles. The second kappa shape index (κ2) is 7.42. The summed E-state index contributed by atoms with van der Waals surface area (Å²) in [5.74, 6) is 0.490. The number of amides is 2. The fraction of sp³-hybridized carbons (Fsp3) is 0.400. The molecule has 0 aliphatic rings. The van der Waals surface area contributed by atoms with Crippen molar-refractivity contribution in [2.75, 3.05) is 11.9 Å². The Morgan fingerprint density at radius 2 is 2.05 bits per heavy atom. The van der Waals surface area contributed by atoms with Gasteiger partial charge in [-0.3, -0.25) is 4.68 Å². The maximum atomic E-state index is 11.7. The summed E-state index contributed by atoms with van der Waals surface area (Å²) >= 11 is 0. The fourth-order valence-electron chi connectivity index (χ4n) is 1.92. The van der Waals surface area contributed by atoms with Gasteiger partial charge in [-0.25, -0.2) is 9.78 Å². The van der Waals surface area contributed by atoms with Crippen molar-refractivity contribution in [1.82, 2.24) is 20.1 Å². The lowest BCUT2D eigenvalue weighted by Gasteiger charge is -2.09. The van der Waals surface area contributed by atoms with E-state index in [0.717, 1.165) is 18.7 Å². The zero-order valence-corrected chi connectivity index (χ0v) is 12.4. The van der Waals surface area contributed by atoms with E-state index in [2.05, 4.69) is 34.6 Å². The van der Waals surface area contributed by atoms with Gasteiger partial charge in [0.05, 0.1) is 0 Å². The molecule has 2 amide bonds. The van der Waals surface area contributed by atoms with Crippen molar-refractivity contribution in [1.29, 1.82) is 0 Å². The first-order valence-corrected chi connectivity index (χ1v) is 7.12. The summed E-state index contributed by atoms with van der Waals surface area (Å²) in [4.78, 5) is 15.6. The summed E-state index contributed by atoms with van der Waals surface area (Å²) in [6, 6.07) is 7.72. The van der Waals surface area contributed by atoms with Crippen molar-refractivity contribution in [3.63, 3.8) is 0 Å². The van der Waals surface area contributed by atoms with Crippen molar-refractivity contribution in [3.05, 3.63) is 42.5 Å². The van der Waals surface area contributed by atoms with Gasteiger partial charge in [-0.15, -0.1) is 0 Å². The topological polar surface area (TPSA) is 71.8 Å². The SMILES string of the molecule is CC(C)c1ccc(NC(=O)NCCCn2cncn2)cc1. The Morgan fingerprint density at radius 3 is 2.67 bits per heavy atom. The molecule has 1 heterocycles. The van der Waals surface area contributed by atoms with Crippen molar-refractivity contribution in [2.24, 2.45) is 0 Å². The monoisotopic (exact) mass is 287 g/mol. The maximum Gasteiger partial charge on any atom is 0.319 e. The smallest absolute Gasteiger partial charge is 0.319 e. The largest absolute Gasteiger partial charge is 0.338 e. The van der Waals surface area contributed by atoms with Crippen LogP contribution in [0.4, 0.5) is 10.5 Å². The van der Waals surface area contributed by atoms with Gasteiger partial charge in [0.2, 0.25) is 0 Å². The van der Waals surface area contributed by atoms with E-state index in [4.69, 9.17) is 0 Å². The fourth-order valence-corrected chi connectivity index (χ4v) is 1.92. The number of aromatic nitrogens is 3. The number of nitrogens with one attached hydrogen (secondary N) is 2. The Hall–Kier alpha value is -2.37. The lowest BCUT2D eigenvalue weighted by molar-refractivity contribution is 0.251. The molecule has 0 saturated carbocycles. The molecule has 0 atom stereocenters. The summed E-state index contributed by atoms with van der Waals surface area (Å²) in [6.45, 7) is 5.62. The number of urea groups is 1. The van der Waals surface area contributed by atoms with Gasteiger partial charge in [0.1, 0.15) is 12.7 Å². The first-order chi connectivity index (χ1) is 10.1. The first kappa shape index (κ1) is 15.0. The second-order valence-corrected chi connectivity index (χ2v) is 5.17. The van der Waals surface area contributed by atoms with Gasteiger partial charge in [0, 0.05) is 18.8 Å². The van der Waals surface area contributed by atoms with E-state index in [1.807, 2.05) is 24.3 Å². The van der Waals surface area contributed by atoms with Crippen LogP contribution in [0.1, 0.15) is 31.7 Å². The number of carbonyl (C=O) groups is 1. The first-order valence-electron chi connectivity index (χ1n) is 7.12. The summed E-state index contributed by atoms with van der Waals surface area (Å²) < 4.78 is 1.74. The average molecular weight is 287 g/mol. The molecule has 6 heteroatoms. The molecule has 1 aromatic heterocycles. The van der Waals surface area contributed by atoms with Crippen molar-refractivity contribution in [3.8, 4) is 0 Å². The van der Waals surface area contributed by atoms with Gasteiger partial charge in [-0.05, 0) is 30.0 Å². The molecule has 0 bridgehead atoms. The van der Waals surface area contributed by atoms with Gasteiger partial charge < -0.3 is 10.6 Å². The molecule has 2 rings (SSSR count).